The standard InChI is InChI=1S/C13H13BrN2O2S/c1-10-3-2-4-11(7-10)9-19(17,18)16-12-5-6-13(14)15-8-12/h2-8,16H,9H2,1H3. The van der Waals surface area contributed by atoms with Crippen LogP contribution in [0.3, 0.4) is 0 Å². The lowest BCUT2D eigenvalue weighted by atomic mass is 10.2. The smallest absolute Gasteiger partial charge is 0.236 e. The van der Waals surface area contributed by atoms with E-state index in [9.17, 15) is 8.42 Å². The third-order valence-electron chi connectivity index (χ3n) is 2.44. The molecule has 1 aromatic heterocycles. The summed E-state index contributed by atoms with van der Waals surface area (Å²) in [7, 11) is -3.42. The topological polar surface area (TPSA) is 59.1 Å². The molecular formula is C13H13BrN2O2S. The second-order valence-corrected chi connectivity index (χ2v) is 6.75. The number of nitrogens with zero attached hydrogens (tertiary/aromatic N) is 1. The first-order valence-corrected chi connectivity index (χ1v) is 8.07. The van der Waals surface area contributed by atoms with Crippen LogP contribution in [0.1, 0.15) is 11.1 Å². The highest BCUT2D eigenvalue weighted by Gasteiger charge is 2.12. The molecular weight excluding hydrogens is 328 g/mol. The summed E-state index contributed by atoms with van der Waals surface area (Å²) < 4.78 is 27.2. The Labute approximate surface area is 121 Å². The normalized spacial score (nSPS) is 11.3. The summed E-state index contributed by atoms with van der Waals surface area (Å²) in [4.78, 5) is 3.97. The highest BCUT2D eigenvalue weighted by atomic mass is 79.9. The summed E-state index contributed by atoms with van der Waals surface area (Å²) in [6, 6.07) is 10.8. The first kappa shape index (κ1) is 14.0. The molecule has 2 aromatic rings. The van der Waals surface area contributed by atoms with Crippen molar-refractivity contribution in [3.05, 3.63) is 58.3 Å². The zero-order chi connectivity index (χ0) is 13.9. The number of anilines is 1. The maximum absolute atomic E-state index is 12.0. The van der Waals surface area contributed by atoms with E-state index in [1.54, 1.807) is 18.2 Å². The van der Waals surface area contributed by atoms with Gasteiger partial charge in [-0.25, -0.2) is 13.4 Å². The summed E-state index contributed by atoms with van der Waals surface area (Å²) in [6.07, 6.45) is 1.47. The van der Waals surface area contributed by atoms with E-state index in [1.807, 2.05) is 25.1 Å². The molecule has 0 saturated carbocycles. The van der Waals surface area contributed by atoms with Crippen LogP contribution < -0.4 is 4.72 Å². The van der Waals surface area contributed by atoms with E-state index < -0.39 is 10.0 Å². The van der Waals surface area contributed by atoms with Crippen LogP contribution >= 0.6 is 15.9 Å². The average Bonchev–Trinajstić information content (AvgIpc) is 2.31. The molecule has 1 aromatic carbocycles. The molecule has 0 radical (unpaired) electrons. The van der Waals surface area contributed by atoms with Crippen LogP contribution in [0, 0.1) is 6.92 Å². The first-order valence-electron chi connectivity index (χ1n) is 5.62. The summed E-state index contributed by atoms with van der Waals surface area (Å²) in [5, 5.41) is 0. The zero-order valence-electron chi connectivity index (χ0n) is 10.3. The summed E-state index contributed by atoms with van der Waals surface area (Å²) in [5.41, 5.74) is 2.26. The Hall–Kier alpha value is -1.40. The van der Waals surface area contributed by atoms with Crippen molar-refractivity contribution in [3.63, 3.8) is 0 Å². The van der Waals surface area contributed by atoms with Crippen LogP contribution in [0.2, 0.25) is 0 Å². The van der Waals surface area contributed by atoms with Gasteiger partial charge in [0.15, 0.2) is 0 Å². The molecule has 0 fully saturated rings. The van der Waals surface area contributed by atoms with E-state index in [0.29, 0.717) is 10.3 Å². The molecule has 1 N–H and O–H groups in total. The van der Waals surface area contributed by atoms with Gasteiger partial charge in [-0.05, 0) is 40.5 Å². The van der Waals surface area contributed by atoms with Gasteiger partial charge in [0.05, 0.1) is 17.6 Å². The molecule has 2 rings (SSSR count). The van der Waals surface area contributed by atoms with E-state index in [-0.39, 0.29) is 5.75 Å². The second-order valence-electron chi connectivity index (χ2n) is 4.22. The fourth-order valence-corrected chi connectivity index (χ4v) is 3.08. The van der Waals surface area contributed by atoms with E-state index in [2.05, 4.69) is 25.6 Å². The van der Waals surface area contributed by atoms with Crippen LogP contribution in [0.4, 0.5) is 5.69 Å². The zero-order valence-corrected chi connectivity index (χ0v) is 12.7. The molecule has 6 heteroatoms. The third-order valence-corrected chi connectivity index (χ3v) is 4.17. The van der Waals surface area contributed by atoms with Gasteiger partial charge in [-0.2, -0.15) is 0 Å². The van der Waals surface area contributed by atoms with E-state index in [1.165, 1.54) is 6.20 Å². The first-order chi connectivity index (χ1) is 8.94. The Morgan fingerprint density at radius 2 is 2.05 bits per heavy atom. The van der Waals surface area contributed by atoms with Gasteiger partial charge in [0.2, 0.25) is 10.0 Å². The highest BCUT2D eigenvalue weighted by molar-refractivity contribution is 9.10. The molecule has 0 aliphatic rings. The summed E-state index contributed by atoms with van der Waals surface area (Å²) in [6.45, 7) is 1.93. The molecule has 0 amide bonds. The third kappa shape index (κ3) is 4.33. The van der Waals surface area contributed by atoms with Crippen LogP contribution in [-0.2, 0) is 15.8 Å². The Morgan fingerprint density at radius 1 is 1.26 bits per heavy atom. The Kier molecular flexibility index (Phi) is 4.21. The highest BCUT2D eigenvalue weighted by Crippen LogP contribution is 2.14. The van der Waals surface area contributed by atoms with Gasteiger partial charge in [0.1, 0.15) is 4.60 Å². The number of nitrogens with one attached hydrogen (secondary N) is 1. The van der Waals surface area contributed by atoms with E-state index in [4.69, 9.17) is 0 Å². The monoisotopic (exact) mass is 340 g/mol. The number of pyridine rings is 1. The number of aryl methyl sites for hydroxylation is 1. The molecule has 19 heavy (non-hydrogen) atoms. The van der Waals surface area contributed by atoms with Crippen molar-refractivity contribution >= 4 is 31.6 Å². The van der Waals surface area contributed by atoms with Crippen molar-refractivity contribution in [2.24, 2.45) is 0 Å². The van der Waals surface area contributed by atoms with Crippen molar-refractivity contribution in [2.45, 2.75) is 12.7 Å². The van der Waals surface area contributed by atoms with Gasteiger partial charge in [-0.15, -0.1) is 0 Å². The Morgan fingerprint density at radius 3 is 2.68 bits per heavy atom. The maximum atomic E-state index is 12.0. The fraction of sp³-hybridized carbons (Fsp3) is 0.154. The number of benzene rings is 1. The summed E-state index contributed by atoms with van der Waals surface area (Å²) in [5.74, 6) is -0.0508. The number of hydrogen-bond acceptors (Lipinski definition) is 3. The molecule has 100 valence electrons. The quantitative estimate of drug-likeness (QED) is 0.870. The lowest BCUT2D eigenvalue weighted by molar-refractivity contribution is 0.600. The van der Waals surface area contributed by atoms with Crippen molar-refractivity contribution < 1.29 is 8.42 Å². The van der Waals surface area contributed by atoms with Gasteiger partial charge in [0, 0.05) is 0 Å². The molecule has 0 unspecified atom stereocenters. The molecule has 0 aliphatic heterocycles. The van der Waals surface area contributed by atoms with Crippen molar-refractivity contribution in [3.8, 4) is 0 Å². The Bertz CT molecular complexity index is 669. The number of halogens is 1. The largest absolute Gasteiger partial charge is 0.282 e. The minimum Gasteiger partial charge on any atom is -0.282 e. The van der Waals surface area contributed by atoms with Crippen molar-refractivity contribution in [1.29, 1.82) is 0 Å². The molecule has 0 spiro atoms. The number of hydrogen-bond donors (Lipinski definition) is 1. The molecule has 1 heterocycles. The second kappa shape index (κ2) is 5.71. The van der Waals surface area contributed by atoms with Gasteiger partial charge in [-0.3, -0.25) is 4.72 Å². The number of rotatable bonds is 4. The SMILES string of the molecule is Cc1cccc(CS(=O)(=O)Nc2ccc(Br)nc2)c1. The van der Waals surface area contributed by atoms with Crippen molar-refractivity contribution in [2.75, 3.05) is 4.72 Å². The number of aromatic nitrogens is 1. The van der Waals surface area contributed by atoms with Gasteiger partial charge in [0.25, 0.3) is 0 Å². The van der Waals surface area contributed by atoms with E-state index >= 15 is 0 Å². The molecule has 4 nitrogen and oxygen atoms in total. The maximum Gasteiger partial charge on any atom is 0.236 e. The Balaban J connectivity index is 2.13. The van der Waals surface area contributed by atoms with Crippen LogP contribution in [0.5, 0.6) is 0 Å². The van der Waals surface area contributed by atoms with Gasteiger partial charge >= 0.3 is 0 Å². The predicted octanol–water partition coefficient (Wildman–Crippen LogP) is 3.09. The molecule has 0 atom stereocenters. The number of sulfonamides is 1. The molecule has 0 aliphatic carbocycles. The average molecular weight is 341 g/mol. The fourth-order valence-electron chi connectivity index (χ4n) is 1.67. The lowest BCUT2D eigenvalue weighted by Gasteiger charge is -2.08. The molecule has 0 saturated heterocycles. The molecule has 0 bridgehead atoms. The summed E-state index contributed by atoms with van der Waals surface area (Å²) >= 11 is 3.20. The van der Waals surface area contributed by atoms with Crippen LogP contribution in [-0.4, -0.2) is 13.4 Å². The minimum atomic E-state index is -3.42. The van der Waals surface area contributed by atoms with Crippen molar-refractivity contribution in [1.82, 2.24) is 4.98 Å². The lowest BCUT2D eigenvalue weighted by Crippen LogP contribution is -2.15. The van der Waals surface area contributed by atoms with Gasteiger partial charge in [-0.1, -0.05) is 29.8 Å². The minimum absolute atomic E-state index is 0.0508. The van der Waals surface area contributed by atoms with Crippen LogP contribution in [0.25, 0.3) is 0 Å². The van der Waals surface area contributed by atoms with E-state index in [0.717, 1.165) is 11.1 Å². The van der Waals surface area contributed by atoms with Crippen LogP contribution in [0.15, 0.2) is 47.2 Å². The predicted molar refractivity (Wildman–Crippen MR) is 79.4 cm³/mol. The van der Waals surface area contributed by atoms with Gasteiger partial charge < -0.3 is 0 Å².